The molecule has 1 N–H and O–H groups in total. The van der Waals surface area contributed by atoms with Crippen molar-refractivity contribution >= 4 is 0 Å². The molecule has 1 aliphatic rings. The molecule has 0 saturated carbocycles. The Morgan fingerprint density at radius 1 is 1.18 bits per heavy atom. The lowest BCUT2D eigenvalue weighted by molar-refractivity contribution is 0.0481. The van der Waals surface area contributed by atoms with Gasteiger partial charge >= 0.3 is 0 Å². The van der Waals surface area contributed by atoms with E-state index in [9.17, 15) is 9.50 Å². The van der Waals surface area contributed by atoms with Crippen LogP contribution in [0.5, 0.6) is 5.75 Å². The molecule has 0 bridgehead atoms. The highest BCUT2D eigenvalue weighted by Gasteiger charge is 2.20. The summed E-state index contributed by atoms with van der Waals surface area (Å²) >= 11 is 0. The Balaban J connectivity index is 1.81. The van der Waals surface area contributed by atoms with Gasteiger partial charge in [0.15, 0.2) is 11.6 Å². The zero-order valence-corrected chi connectivity index (χ0v) is 13.8. The fraction of sp³-hybridized carbons (Fsp3) is 0.647. The number of piperazine rings is 1. The lowest BCUT2D eigenvalue weighted by atomic mass is 10.1. The van der Waals surface area contributed by atoms with Crippen molar-refractivity contribution in [2.75, 3.05) is 39.8 Å². The number of benzene rings is 1. The van der Waals surface area contributed by atoms with Gasteiger partial charge in [0, 0.05) is 39.3 Å². The van der Waals surface area contributed by atoms with Crippen LogP contribution < -0.4 is 4.74 Å². The zero-order valence-electron chi connectivity index (χ0n) is 13.8. The van der Waals surface area contributed by atoms with Gasteiger partial charge in [-0.05, 0) is 23.6 Å². The molecule has 1 saturated heterocycles. The fourth-order valence-corrected chi connectivity index (χ4v) is 2.67. The first kappa shape index (κ1) is 17.2. The summed E-state index contributed by atoms with van der Waals surface area (Å²) < 4.78 is 18.6. The minimum atomic E-state index is -0.307. The lowest BCUT2D eigenvalue weighted by Crippen LogP contribution is -2.48. The average Bonchev–Trinajstić information content (AvgIpc) is 2.49. The Morgan fingerprint density at radius 2 is 1.82 bits per heavy atom. The number of nitrogens with zero attached hydrogens (tertiary/aromatic N) is 2. The van der Waals surface area contributed by atoms with Crippen LogP contribution in [0.4, 0.5) is 4.39 Å². The molecule has 124 valence electrons. The number of hydrogen-bond donors (Lipinski definition) is 1. The van der Waals surface area contributed by atoms with Gasteiger partial charge in [0.2, 0.25) is 0 Å². The molecule has 5 heteroatoms. The first-order valence-corrected chi connectivity index (χ1v) is 7.94. The highest BCUT2D eigenvalue weighted by atomic mass is 19.1. The quantitative estimate of drug-likeness (QED) is 0.871. The normalized spacial score (nSPS) is 18.6. The number of aliphatic hydroxyl groups excluding tert-OH is 1. The smallest absolute Gasteiger partial charge is 0.165 e. The predicted octanol–water partition coefficient (Wildman–Crippen LogP) is 1.97. The average molecular weight is 310 g/mol. The van der Waals surface area contributed by atoms with Gasteiger partial charge in [-0.2, -0.15) is 0 Å². The summed E-state index contributed by atoms with van der Waals surface area (Å²) in [6.45, 7) is 9.35. The molecule has 0 spiro atoms. The number of ether oxygens (including phenoxy) is 1. The molecule has 0 amide bonds. The Labute approximate surface area is 132 Å². The zero-order chi connectivity index (χ0) is 16.1. The Morgan fingerprint density at radius 3 is 2.36 bits per heavy atom. The second-order valence-electron chi connectivity index (χ2n) is 6.36. The third-order valence-electron chi connectivity index (χ3n) is 4.30. The van der Waals surface area contributed by atoms with Crippen molar-refractivity contribution in [1.82, 2.24) is 9.80 Å². The molecule has 22 heavy (non-hydrogen) atoms. The standard InChI is InChI=1S/C17H27FN2O2/c1-13(2)16(21)12-20-8-6-19(7-9-20)11-14-4-5-17(22-3)15(18)10-14/h4-5,10,13,16,21H,6-9,11-12H2,1-3H3. The van der Waals surface area contributed by atoms with Gasteiger partial charge in [-0.3, -0.25) is 9.80 Å². The van der Waals surface area contributed by atoms with Crippen LogP contribution in [0.3, 0.4) is 0 Å². The number of rotatable bonds is 6. The van der Waals surface area contributed by atoms with Crippen molar-refractivity contribution in [3.8, 4) is 5.75 Å². The fourth-order valence-electron chi connectivity index (χ4n) is 2.67. The van der Waals surface area contributed by atoms with Crippen molar-refractivity contribution in [3.05, 3.63) is 29.6 Å². The third kappa shape index (κ3) is 4.66. The number of methoxy groups -OCH3 is 1. The number of halogens is 1. The summed E-state index contributed by atoms with van der Waals surface area (Å²) in [5, 5.41) is 9.95. The molecular formula is C17H27FN2O2. The van der Waals surface area contributed by atoms with Gasteiger partial charge in [0.05, 0.1) is 13.2 Å². The van der Waals surface area contributed by atoms with E-state index < -0.39 is 0 Å². The largest absolute Gasteiger partial charge is 0.494 e. The van der Waals surface area contributed by atoms with Gasteiger partial charge in [0.1, 0.15) is 0 Å². The number of β-amino-alcohol motifs (C(OH)–C–C–N with tert-alkyl or cyclic N) is 1. The summed E-state index contributed by atoms with van der Waals surface area (Å²) in [5.74, 6) is 0.273. The van der Waals surface area contributed by atoms with Crippen LogP contribution in [-0.2, 0) is 6.54 Å². The Bertz CT molecular complexity index is 474. The molecule has 1 aliphatic heterocycles. The number of aliphatic hydroxyl groups is 1. The van der Waals surface area contributed by atoms with Gasteiger partial charge < -0.3 is 9.84 Å². The van der Waals surface area contributed by atoms with Gasteiger partial charge in [-0.15, -0.1) is 0 Å². The van der Waals surface area contributed by atoms with E-state index in [-0.39, 0.29) is 17.7 Å². The predicted molar refractivity (Wildman–Crippen MR) is 85.5 cm³/mol. The lowest BCUT2D eigenvalue weighted by Gasteiger charge is -2.36. The minimum absolute atomic E-state index is 0.262. The van der Waals surface area contributed by atoms with Crippen LogP contribution in [0.2, 0.25) is 0 Å². The van der Waals surface area contributed by atoms with Crippen LogP contribution in [0.15, 0.2) is 18.2 Å². The van der Waals surface area contributed by atoms with Crippen molar-refractivity contribution < 1.29 is 14.2 Å². The summed E-state index contributed by atoms with van der Waals surface area (Å²) in [6.07, 6.45) is -0.262. The topological polar surface area (TPSA) is 35.9 Å². The first-order valence-electron chi connectivity index (χ1n) is 7.94. The maximum Gasteiger partial charge on any atom is 0.165 e. The number of hydrogen-bond acceptors (Lipinski definition) is 4. The Kier molecular flexibility index (Phi) is 6.17. The summed E-state index contributed by atoms with van der Waals surface area (Å²) in [6, 6.07) is 5.14. The molecule has 1 fully saturated rings. The maximum absolute atomic E-state index is 13.7. The van der Waals surface area contributed by atoms with Crippen molar-refractivity contribution in [3.63, 3.8) is 0 Å². The third-order valence-corrected chi connectivity index (χ3v) is 4.30. The first-order chi connectivity index (χ1) is 10.5. The highest BCUT2D eigenvalue weighted by Crippen LogP contribution is 2.19. The van der Waals surface area contributed by atoms with Gasteiger partial charge in [-0.1, -0.05) is 19.9 Å². The molecular weight excluding hydrogens is 283 g/mol. The second kappa shape index (κ2) is 7.90. The van der Waals surface area contributed by atoms with Gasteiger partial charge in [-0.25, -0.2) is 4.39 Å². The van der Waals surface area contributed by atoms with E-state index in [1.54, 1.807) is 12.1 Å². The maximum atomic E-state index is 13.7. The molecule has 1 aromatic rings. The second-order valence-corrected chi connectivity index (χ2v) is 6.36. The van der Waals surface area contributed by atoms with Crippen molar-refractivity contribution in [1.29, 1.82) is 0 Å². The van der Waals surface area contributed by atoms with Crippen molar-refractivity contribution in [2.24, 2.45) is 5.92 Å². The van der Waals surface area contributed by atoms with Crippen molar-refractivity contribution in [2.45, 2.75) is 26.5 Å². The molecule has 1 heterocycles. The molecule has 0 radical (unpaired) electrons. The summed E-state index contributed by atoms with van der Waals surface area (Å²) in [5.41, 5.74) is 0.967. The van der Waals surface area contributed by atoms with Crippen LogP contribution in [0.25, 0.3) is 0 Å². The SMILES string of the molecule is COc1ccc(CN2CCN(CC(O)C(C)C)CC2)cc1F. The van der Waals surface area contributed by atoms with Crippen LogP contribution in [0.1, 0.15) is 19.4 Å². The summed E-state index contributed by atoms with van der Waals surface area (Å²) in [4.78, 5) is 4.62. The van der Waals surface area contributed by atoms with Crippen LogP contribution in [0, 0.1) is 11.7 Å². The minimum Gasteiger partial charge on any atom is -0.494 e. The van der Waals surface area contributed by atoms with Crippen LogP contribution >= 0.6 is 0 Å². The molecule has 1 unspecified atom stereocenters. The monoisotopic (exact) mass is 310 g/mol. The van der Waals surface area contributed by atoms with Crippen LogP contribution in [-0.4, -0.2) is 60.8 Å². The van der Waals surface area contributed by atoms with E-state index in [0.29, 0.717) is 5.92 Å². The van der Waals surface area contributed by atoms with E-state index in [1.165, 1.54) is 7.11 Å². The molecule has 2 rings (SSSR count). The summed E-state index contributed by atoms with van der Waals surface area (Å²) in [7, 11) is 1.48. The molecule has 1 atom stereocenters. The van der Waals surface area contributed by atoms with E-state index >= 15 is 0 Å². The molecule has 4 nitrogen and oxygen atoms in total. The highest BCUT2D eigenvalue weighted by molar-refractivity contribution is 5.29. The molecule has 1 aromatic carbocycles. The van der Waals surface area contributed by atoms with E-state index in [1.807, 2.05) is 19.9 Å². The molecule has 0 aliphatic carbocycles. The van der Waals surface area contributed by atoms with E-state index in [4.69, 9.17) is 4.74 Å². The molecule has 0 aromatic heterocycles. The van der Waals surface area contributed by atoms with E-state index in [2.05, 4.69) is 9.80 Å². The van der Waals surface area contributed by atoms with E-state index in [0.717, 1.165) is 44.8 Å². The Hall–Kier alpha value is -1.17. The van der Waals surface area contributed by atoms with Gasteiger partial charge in [0.25, 0.3) is 0 Å².